The molecule has 1 atom stereocenters. The Hall–Kier alpha value is -2.93. The van der Waals surface area contributed by atoms with Crippen LogP contribution in [0.3, 0.4) is 0 Å². The monoisotopic (exact) mass is 395 g/mol. The van der Waals surface area contributed by atoms with Crippen molar-refractivity contribution in [3.63, 3.8) is 0 Å². The van der Waals surface area contributed by atoms with Gasteiger partial charge in [-0.25, -0.2) is 0 Å². The average Bonchev–Trinajstić information content (AvgIpc) is 3.06. The molecule has 2 aliphatic heterocycles. The van der Waals surface area contributed by atoms with Crippen molar-refractivity contribution in [2.24, 2.45) is 0 Å². The highest BCUT2D eigenvalue weighted by atomic mass is 19.4. The fourth-order valence-electron chi connectivity index (χ4n) is 4.18. The zero-order chi connectivity index (χ0) is 20.2. The molecule has 7 heteroatoms. The molecule has 0 aromatic heterocycles. The molecule has 29 heavy (non-hydrogen) atoms. The van der Waals surface area contributed by atoms with Crippen molar-refractivity contribution in [2.45, 2.75) is 18.4 Å². The predicted molar refractivity (Wildman–Crippen MR) is 107 cm³/mol. The fourth-order valence-corrected chi connectivity index (χ4v) is 4.18. The second-order valence-corrected chi connectivity index (χ2v) is 7.41. The van der Waals surface area contributed by atoms with E-state index < -0.39 is 18.3 Å². The van der Waals surface area contributed by atoms with Gasteiger partial charge in [-0.3, -0.25) is 0 Å². The summed E-state index contributed by atoms with van der Waals surface area (Å²) < 4.78 is 50.4. The molecule has 0 saturated heterocycles. The van der Waals surface area contributed by atoms with Crippen molar-refractivity contribution in [3.05, 3.63) is 82.9 Å². The third kappa shape index (κ3) is 2.88. The quantitative estimate of drug-likeness (QED) is 0.669. The lowest BCUT2D eigenvalue weighted by molar-refractivity contribution is -0.115. The number of benzene rings is 3. The number of alkyl halides is 3. The van der Waals surface area contributed by atoms with Crippen LogP contribution in [-0.2, 0) is 16.9 Å². The molecule has 1 N–H and O–H groups in total. The fraction of sp³-hybridized carbons (Fsp3) is 0.182. The first-order valence-electron chi connectivity index (χ1n) is 9.33. The number of rotatable bonds is 2. The zero-order valence-electron chi connectivity index (χ0n) is 15.6. The van der Waals surface area contributed by atoms with Gasteiger partial charge in [-0.05, 0) is 29.3 Å². The Labute approximate surface area is 166 Å². The van der Waals surface area contributed by atoms with E-state index in [4.69, 9.17) is 9.47 Å². The van der Waals surface area contributed by atoms with Crippen LogP contribution in [0.15, 0.2) is 60.7 Å². The Bertz CT molecular complexity index is 1120. The molecule has 0 amide bonds. The SMILES string of the molecule is Bc1ccc2c(c1)Oc1cc(NCC(F)(F)F)ccc1C21OCc2ccccc21. The molecule has 0 fully saturated rings. The largest absolute Gasteiger partial charge is 0.456 e. The first kappa shape index (κ1) is 18.1. The average molecular weight is 395 g/mol. The summed E-state index contributed by atoms with van der Waals surface area (Å²) in [6.45, 7) is -0.650. The van der Waals surface area contributed by atoms with Gasteiger partial charge in [0.2, 0.25) is 0 Å². The van der Waals surface area contributed by atoms with Crippen LogP contribution < -0.4 is 15.5 Å². The van der Waals surface area contributed by atoms with Crippen molar-refractivity contribution >= 4 is 19.0 Å². The maximum absolute atomic E-state index is 12.6. The van der Waals surface area contributed by atoms with E-state index in [1.165, 1.54) is 0 Å². The van der Waals surface area contributed by atoms with Gasteiger partial charge in [0.15, 0.2) is 5.60 Å². The minimum atomic E-state index is -4.30. The summed E-state index contributed by atoms with van der Waals surface area (Å²) in [6.07, 6.45) is -4.30. The van der Waals surface area contributed by atoms with Crippen molar-refractivity contribution in [3.8, 4) is 11.5 Å². The zero-order valence-corrected chi connectivity index (χ0v) is 15.6. The van der Waals surface area contributed by atoms with E-state index in [0.717, 1.165) is 27.7 Å². The lowest BCUT2D eigenvalue weighted by Crippen LogP contribution is -2.33. The maximum Gasteiger partial charge on any atom is 0.405 e. The standard InChI is InChI=1S/C22H17BF3NO2/c23-14-5-7-17-19(9-14)29-20-10-15(27-12-21(24,25)26)6-8-18(20)22(17)16-4-2-1-3-13(16)11-28-22/h1-10,27H,11-12,23H2. The van der Waals surface area contributed by atoms with Gasteiger partial charge < -0.3 is 14.8 Å². The lowest BCUT2D eigenvalue weighted by atomic mass is 9.76. The molecule has 146 valence electrons. The summed E-state index contributed by atoms with van der Waals surface area (Å²) in [5.74, 6) is 1.15. The minimum Gasteiger partial charge on any atom is -0.456 e. The number of halogens is 3. The molecule has 0 saturated carbocycles. The molecule has 1 spiro atoms. The second-order valence-electron chi connectivity index (χ2n) is 7.41. The molecule has 3 aromatic carbocycles. The molecule has 0 aliphatic carbocycles. The third-order valence-corrected chi connectivity index (χ3v) is 5.43. The van der Waals surface area contributed by atoms with E-state index in [1.54, 1.807) is 18.2 Å². The smallest absolute Gasteiger partial charge is 0.405 e. The second kappa shape index (κ2) is 6.29. The van der Waals surface area contributed by atoms with Gasteiger partial charge in [-0.2, -0.15) is 13.2 Å². The van der Waals surface area contributed by atoms with E-state index >= 15 is 0 Å². The molecular weight excluding hydrogens is 378 g/mol. The molecule has 3 nitrogen and oxygen atoms in total. The number of fused-ring (bicyclic) bond motifs is 6. The molecule has 2 aliphatic rings. The Balaban J connectivity index is 1.68. The third-order valence-electron chi connectivity index (χ3n) is 5.43. The summed E-state index contributed by atoms with van der Waals surface area (Å²) in [6, 6.07) is 19.0. The van der Waals surface area contributed by atoms with Crippen LogP contribution in [-0.4, -0.2) is 20.6 Å². The maximum atomic E-state index is 12.6. The molecule has 3 aromatic rings. The molecule has 0 bridgehead atoms. The Morgan fingerprint density at radius 2 is 1.66 bits per heavy atom. The summed E-state index contributed by atoms with van der Waals surface area (Å²) in [5, 5.41) is 2.42. The van der Waals surface area contributed by atoms with Gasteiger partial charge in [-0.1, -0.05) is 41.9 Å². The van der Waals surface area contributed by atoms with Gasteiger partial charge in [0.1, 0.15) is 25.9 Å². The number of nitrogens with one attached hydrogen (secondary N) is 1. The van der Waals surface area contributed by atoms with E-state index in [0.29, 0.717) is 23.8 Å². The van der Waals surface area contributed by atoms with Crippen LogP contribution in [0.5, 0.6) is 11.5 Å². The summed E-state index contributed by atoms with van der Waals surface area (Å²) in [5.41, 5.74) is 4.35. The number of ether oxygens (including phenoxy) is 2. The highest BCUT2D eigenvalue weighted by molar-refractivity contribution is 6.32. The Morgan fingerprint density at radius 1 is 0.931 bits per heavy atom. The number of hydrogen-bond donors (Lipinski definition) is 1. The molecular formula is C22H17BF3NO2. The highest BCUT2D eigenvalue weighted by Crippen LogP contribution is 2.56. The van der Waals surface area contributed by atoms with Crippen LogP contribution >= 0.6 is 0 Å². The van der Waals surface area contributed by atoms with Gasteiger partial charge in [-0.15, -0.1) is 0 Å². The van der Waals surface area contributed by atoms with Crippen molar-refractivity contribution in [1.29, 1.82) is 0 Å². The lowest BCUT2D eigenvalue weighted by Gasteiger charge is -2.37. The van der Waals surface area contributed by atoms with Crippen molar-refractivity contribution in [1.82, 2.24) is 0 Å². The van der Waals surface area contributed by atoms with Crippen molar-refractivity contribution in [2.75, 3.05) is 11.9 Å². The van der Waals surface area contributed by atoms with E-state index in [-0.39, 0.29) is 0 Å². The topological polar surface area (TPSA) is 30.5 Å². The first-order valence-corrected chi connectivity index (χ1v) is 9.33. The number of hydrogen-bond acceptors (Lipinski definition) is 3. The van der Waals surface area contributed by atoms with E-state index in [9.17, 15) is 13.2 Å². The summed E-state index contributed by atoms with van der Waals surface area (Å²) in [7, 11) is 1.97. The summed E-state index contributed by atoms with van der Waals surface area (Å²) in [4.78, 5) is 0. The summed E-state index contributed by atoms with van der Waals surface area (Å²) >= 11 is 0. The van der Waals surface area contributed by atoms with Crippen LogP contribution in [0.1, 0.15) is 22.3 Å². The van der Waals surface area contributed by atoms with Gasteiger partial charge in [0.05, 0.1) is 6.61 Å². The van der Waals surface area contributed by atoms with Gasteiger partial charge in [0, 0.05) is 22.9 Å². The van der Waals surface area contributed by atoms with Gasteiger partial charge in [0.25, 0.3) is 0 Å². The minimum absolute atomic E-state index is 0.346. The van der Waals surface area contributed by atoms with Crippen LogP contribution in [0, 0.1) is 0 Å². The van der Waals surface area contributed by atoms with Crippen LogP contribution in [0.4, 0.5) is 18.9 Å². The van der Waals surface area contributed by atoms with Crippen LogP contribution in [0.25, 0.3) is 0 Å². The first-order chi connectivity index (χ1) is 13.9. The van der Waals surface area contributed by atoms with E-state index in [1.807, 2.05) is 50.3 Å². The van der Waals surface area contributed by atoms with Crippen molar-refractivity contribution < 1.29 is 22.6 Å². The predicted octanol–water partition coefficient (Wildman–Crippen LogP) is 3.85. The van der Waals surface area contributed by atoms with E-state index in [2.05, 4.69) is 5.32 Å². The number of anilines is 1. The highest BCUT2D eigenvalue weighted by Gasteiger charge is 2.49. The Kier molecular flexibility index (Phi) is 3.93. The Morgan fingerprint density at radius 3 is 2.45 bits per heavy atom. The molecule has 2 heterocycles. The molecule has 5 rings (SSSR count). The molecule has 1 unspecified atom stereocenters. The molecule has 0 radical (unpaired) electrons. The normalized spacial score (nSPS) is 19.3. The van der Waals surface area contributed by atoms with Gasteiger partial charge >= 0.3 is 6.18 Å². The van der Waals surface area contributed by atoms with Crippen LogP contribution in [0.2, 0.25) is 0 Å².